The molecule has 1 aromatic heterocycles. The first kappa shape index (κ1) is 12.7. The molecule has 1 saturated carbocycles. The van der Waals surface area contributed by atoms with Crippen LogP contribution in [0.15, 0.2) is 22.8 Å². The van der Waals surface area contributed by atoms with Crippen LogP contribution >= 0.6 is 15.9 Å². The molecule has 0 unspecified atom stereocenters. The summed E-state index contributed by atoms with van der Waals surface area (Å²) in [7, 11) is 0. The molecule has 4 heteroatoms. The van der Waals surface area contributed by atoms with Crippen molar-refractivity contribution in [3.63, 3.8) is 0 Å². The number of aryl methyl sites for hydroxylation is 3. The first-order valence-electron chi connectivity index (χ1n) is 6.64. The van der Waals surface area contributed by atoms with Crippen LogP contribution in [0.3, 0.4) is 0 Å². The Kier molecular flexibility index (Phi) is 3.13. The molecule has 1 aliphatic rings. The first-order chi connectivity index (χ1) is 9.04. The summed E-state index contributed by atoms with van der Waals surface area (Å²) >= 11 is 3.62. The summed E-state index contributed by atoms with van der Waals surface area (Å²) in [6, 6.07) is 4.99. The van der Waals surface area contributed by atoms with Crippen molar-refractivity contribution >= 4 is 21.9 Å². The maximum absolute atomic E-state index is 4.59. The number of benzene rings is 1. The molecule has 19 heavy (non-hydrogen) atoms. The summed E-state index contributed by atoms with van der Waals surface area (Å²) in [6.45, 7) is 6.28. The van der Waals surface area contributed by atoms with Gasteiger partial charge in [-0.15, -0.1) is 0 Å². The van der Waals surface area contributed by atoms with E-state index in [0.717, 1.165) is 11.6 Å². The second-order valence-corrected chi connectivity index (χ2v) is 6.18. The van der Waals surface area contributed by atoms with Crippen LogP contribution in [0.2, 0.25) is 0 Å². The maximum atomic E-state index is 4.59. The number of imidazole rings is 1. The van der Waals surface area contributed by atoms with Gasteiger partial charge in [-0.05, 0) is 56.9 Å². The van der Waals surface area contributed by atoms with E-state index in [9.17, 15) is 0 Å². The van der Waals surface area contributed by atoms with Crippen LogP contribution in [-0.2, 0) is 0 Å². The molecule has 0 atom stereocenters. The molecule has 0 aliphatic heterocycles. The number of nitrogens with one attached hydrogen (secondary N) is 1. The number of rotatable bonds is 3. The highest BCUT2D eigenvalue weighted by atomic mass is 79.9. The zero-order valence-electron chi connectivity index (χ0n) is 11.5. The molecule has 0 radical (unpaired) electrons. The number of hydrogen-bond acceptors (Lipinski definition) is 2. The van der Waals surface area contributed by atoms with Crippen LogP contribution in [0.1, 0.15) is 29.7 Å². The first-order valence-corrected chi connectivity index (χ1v) is 7.43. The maximum Gasteiger partial charge on any atom is 0.207 e. The Morgan fingerprint density at radius 1 is 1.21 bits per heavy atom. The molecule has 0 amide bonds. The molecule has 0 spiro atoms. The molecule has 100 valence electrons. The van der Waals surface area contributed by atoms with Crippen molar-refractivity contribution in [2.45, 2.75) is 39.7 Å². The summed E-state index contributed by atoms with van der Waals surface area (Å²) in [6.07, 6.45) is 4.60. The topological polar surface area (TPSA) is 29.9 Å². The number of halogens is 1. The van der Waals surface area contributed by atoms with Gasteiger partial charge in [0.15, 0.2) is 0 Å². The van der Waals surface area contributed by atoms with E-state index < -0.39 is 0 Å². The molecule has 3 rings (SSSR count). The Labute approximate surface area is 122 Å². The third kappa shape index (κ3) is 2.54. The average molecular weight is 320 g/mol. The lowest BCUT2D eigenvalue weighted by atomic mass is 10.1. The third-order valence-electron chi connectivity index (χ3n) is 3.44. The van der Waals surface area contributed by atoms with E-state index in [0.29, 0.717) is 6.04 Å². The molecule has 1 aliphatic carbocycles. The molecule has 0 saturated heterocycles. The van der Waals surface area contributed by atoms with E-state index in [1.165, 1.54) is 34.1 Å². The van der Waals surface area contributed by atoms with Crippen LogP contribution in [0.25, 0.3) is 5.69 Å². The zero-order chi connectivity index (χ0) is 13.6. The zero-order valence-corrected chi connectivity index (χ0v) is 13.1. The van der Waals surface area contributed by atoms with Crippen molar-refractivity contribution in [1.29, 1.82) is 0 Å². The van der Waals surface area contributed by atoms with Gasteiger partial charge in [0.1, 0.15) is 0 Å². The monoisotopic (exact) mass is 319 g/mol. The van der Waals surface area contributed by atoms with Crippen molar-refractivity contribution in [3.05, 3.63) is 39.6 Å². The molecule has 0 bridgehead atoms. The fourth-order valence-corrected chi connectivity index (χ4v) is 2.50. The highest BCUT2D eigenvalue weighted by Crippen LogP contribution is 2.29. The Balaban J connectivity index is 2.05. The smallest absolute Gasteiger partial charge is 0.207 e. The minimum Gasteiger partial charge on any atom is -0.353 e. The molecular weight excluding hydrogens is 302 g/mol. The van der Waals surface area contributed by atoms with Gasteiger partial charge in [-0.2, -0.15) is 0 Å². The van der Waals surface area contributed by atoms with E-state index in [-0.39, 0.29) is 0 Å². The van der Waals surface area contributed by atoms with Gasteiger partial charge in [0.05, 0.1) is 5.69 Å². The highest BCUT2D eigenvalue weighted by molar-refractivity contribution is 9.10. The summed E-state index contributed by atoms with van der Waals surface area (Å²) in [5.41, 5.74) is 4.71. The van der Waals surface area contributed by atoms with Crippen molar-refractivity contribution in [3.8, 4) is 5.69 Å². The summed E-state index contributed by atoms with van der Waals surface area (Å²) in [5.74, 6) is 0.959. The average Bonchev–Trinajstić information content (AvgIpc) is 3.08. The predicted octanol–water partition coefficient (Wildman–Crippen LogP) is 4.13. The largest absolute Gasteiger partial charge is 0.353 e. The second kappa shape index (κ2) is 4.67. The summed E-state index contributed by atoms with van der Waals surface area (Å²) < 4.78 is 3.34. The van der Waals surface area contributed by atoms with Gasteiger partial charge >= 0.3 is 0 Å². The van der Waals surface area contributed by atoms with Gasteiger partial charge in [-0.25, -0.2) is 4.98 Å². The van der Waals surface area contributed by atoms with Crippen LogP contribution in [0.5, 0.6) is 0 Å². The van der Waals surface area contributed by atoms with Gasteiger partial charge in [-0.1, -0.05) is 15.9 Å². The molecule has 2 aromatic rings. The number of aromatic nitrogens is 2. The molecular formula is C15H18BrN3. The standard InChI is InChI=1S/C15H18BrN3/c1-9-6-13(7-10(2)14(9)16)19-8-11(3)17-15(19)18-12-4-5-12/h6-8,12H,4-5H2,1-3H3,(H,17,18). The fourth-order valence-electron chi connectivity index (χ4n) is 2.27. The van der Waals surface area contributed by atoms with Gasteiger partial charge in [0, 0.05) is 22.4 Å². The molecule has 1 fully saturated rings. The Bertz CT molecular complexity index is 603. The molecule has 1 aromatic carbocycles. The Hall–Kier alpha value is -1.29. The van der Waals surface area contributed by atoms with Gasteiger partial charge in [-0.3, -0.25) is 4.57 Å². The van der Waals surface area contributed by atoms with E-state index in [1.807, 2.05) is 6.92 Å². The van der Waals surface area contributed by atoms with Gasteiger partial charge < -0.3 is 5.32 Å². The predicted molar refractivity (Wildman–Crippen MR) is 82.1 cm³/mol. The van der Waals surface area contributed by atoms with Gasteiger partial charge in [0.2, 0.25) is 5.95 Å². The lowest BCUT2D eigenvalue weighted by Crippen LogP contribution is -2.08. The quantitative estimate of drug-likeness (QED) is 0.921. The number of hydrogen-bond donors (Lipinski definition) is 1. The van der Waals surface area contributed by atoms with Crippen molar-refractivity contribution in [2.75, 3.05) is 5.32 Å². The van der Waals surface area contributed by atoms with E-state index in [4.69, 9.17) is 0 Å². The summed E-state index contributed by atoms with van der Waals surface area (Å²) in [5, 5.41) is 3.50. The minimum absolute atomic E-state index is 0.609. The SMILES string of the molecule is Cc1cn(-c2cc(C)c(Br)c(C)c2)c(NC2CC2)n1. The minimum atomic E-state index is 0.609. The lowest BCUT2D eigenvalue weighted by molar-refractivity contribution is 0.997. The second-order valence-electron chi connectivity index (χ2n) is 5.39. The van der Waals surface area contributed by atoms with E-state index in [2.05, 4.69) is 63.0 Å². The van der Waals surface area contributed by atoms with Crippen LogP contribution in [-0.4, -0.2) is 15.6 Å². The van der Waals surface area contributed by atoms with E-state index in [1.54, 1.807) is 0 Å². The van der Waals surface area contributed by atoms with Crippen molar-refractivity contribution < 1.29 is 0 Å². The summed E-state index contributed by atoms with van der Waals surface area (Å²) in [4.78, 5) is 4.59. The molecule has 1 N–H and O–H groups in total. The third-order valence-corrected chi connectivity index (χ3v) is 4.69. The van der Waals surface area contributed by atoms with Crippen LogP contribution in [0, 0.1) is 20.8 Å². The normalized spacial score (nSPS) is 14.7. The van der Waals surface area contributed by atoms with E-state index >= 15 is 0 Å². The molecule has 3 nitrogen and oxygen atoms in total. The number of nitrogens with zero attached hydrogens (tertiary/aromatic N) is 2. The van der Waals surface area contributed by atoms with Gasteiger partial charge in [0.25, 0.3) is 0 Å². The molecule has 1 heterocycles. The lowest BCUT2D eigenvalue weighted by Gasteiger charge is -2.12. The fraction of sp³-hybridized carbons (Fsp3) is 0.400. The Morgan fingerprint density at radius 3 is 2.42 bits per heavy atom. The van der Waals surface area contributed by atoms with Crippen molar-refractivity contribution in [2.24, 2.45) is 0 Å². The Morgan fingerprint density at radius 2 is 1.84 bits per heavy atom. The number of anilines is 1. The van der Waals surface area contributed by atoms with Crippen LogP contribution < -0.4 is 5.32 Å². The van der Waals surface area contributed by atoms with Crippen LogP contribution in [0.4, 0.5) is 5.95 Å². The van der Waals surface area contributed by atoms with Crippen molar-refractivity contribution in [1.82, 2.24) is 9.55 Å². The highest BCUT2D eigenvalue weighted by Gasteiger charge is 2.23.